The first kappa shape index (κ1) is 103. The second-order valence-corrected chi connectivity index (χ2v) is 29.2. The van der Waals surface area contributed by atoms with Crippen LogP contribution in [0.15, 0.2) is 94.5 Å². The molecule has 0 fully saturated rings. The number of nitrogens with one attached hydrogen (secondary N) is 13. The van der Waals surface area contributed by atoms with E-state index in [1.54, 1.807) is 4.98 Å². The van der Waals surface area contributed by atoms with Crippen molar-refractivity contribution in [2.75, 3.05) is 124 Å². The van der Waals surface area contributed by atoms with Crippen LogP contribution in [0.4, 0.5) is 0 Å². The molecular formula is C74H97N27O30. The van der Waals surface area contributed by atoms with Crippen LogP contribution in [-0.2, 0) is 106 Å². The number of nitrogens with two attached hydrogens (primary N) is 2. The molecule has 0 bridgehead atoms. The normalized spacial score (nSPS) is 11.1. The van der Waals surface area contributed by atoms with Crippen LogP contribution in [0.3, 0.4) is 0 Å². The summed E-state index contributed by atoms with van der Waals surface area (Å²) in [5, 5.41) is 36.5. The van der Waals surface area contributed by atoms with Gasteiger partial charge in [-0.15, -0.1) is 0 Å². The number of hydrogen-bond acceptors (Lipinski definition) is 29. The number of rotatable bonds is 50. The first-order valence-corrected chi connectivity index (χ1v) is 39.6. The lowest BCUT2D eigenvalue weighted by atomic mass is 10.1. The molecule has 0 unspecified atom stereocenters. The minimum absolute atomic E-state index is 0.0215. The van der Waals surface area contributed by atoms with E-state index < -0.39 is 330 Å². The molecule has 6 aromatic heterocycles. The Balaban J connectivity index is 1.21. The third-order valence-corrected chi connectivity index (χ3v) is 19.1. The van der Waals surface area contributed by atoms with Crippen LogP contribution >= 0.6 is 0 Å². The average Bonchev–Trinajstić information content (AvgIpc) is 0.820. The van der Waals surface area contributed by atoms with Crippen molar-refractivity contribution in [3.05, 3.63) is 196 Å². The minimum Gasteiger partial charge on any atom is -0.477 e. The van der Waals surface area contributed by atoms with Gasteiger partial charge in [0.15, 0.2) is 0 Å². The number of aromatic carboxylic acids is 2. The molecule has 0 saturated carbocycles. The first-order valence-electron chi connectivity index (χ1n) is 39.6. The zero-order chi connectivity index (χ0) is 97.4. The lowest BCUT2D eigenvalue weighted by Gasteiger charge is -2.26. The van der Waals surface area contributed by atoms with Crippen molar-refractivity contribution in [3.63, 3.8) is 0 Å². The predicted molar refractivity (Wildman–Crippen MR) is 448 cm³/mol. The van der Waals surface area contributed by atoms with Crippen molar-refractivity contribution in [1.82, 2.24) is 124 Å². The molecule has 57 heteroatoms. The number of amides is 14. The third-order valence-electron chi connectivity index (χ3n) is 19.1. The van der Waals surface area contributed by atoms with E-state index in [0.717, 1.165) is 74.5 Å². The monoisotopic (exact) mass is 1840 g/mol. The lowest BCUT2D eigenvalue weighted by molar-refractivity contribution is -0.138. The molecule has 6 aromatic rings. The molecule has 0 aliphatic carbocycles. The highest BCUT2D eigenvalue weighted by atomic mass is 16.4. The fraction of sp³-hybridized carbons (Fsp3) is 0.459. The van der Waals surface area contributed by atoms with Gasteiger partial charge < -0.3 is 88.3 Å². The highest BCUT2D eigenvalue weighted by Gasteiger charge is 2.30. The maximum atomic E-state index is 14.3. The Kier molecular flexibility index (Phi) is 38.6. The second-order valence-electron chi connectivity index (χ2n) is 29.2. The summed E-state index contributed by atoms with van der Waals surface area (Å²) in [5.74, 6) is -17.7. The maximum absolute atomic E-state index is 14.3. The van der Waals surface area contributed by atoms with E-state index in [4.69, 9.17) is 11.5 Å². The number of H-pyrrole nitrogens is 6. The van der Waals surface area contributed by atoms with Crippen molar-refractivity contribution < 1.29 is 86.9 Å². The molecule has 19 N–H and O–H groups in total. The summed E-state index contributed by atoms with van der Waals surface area (Å²) in [6, 6.07) is -0.239. The topological polar surface area (TPSA) is 798 Å². The molecule has 0 aliphatic rings. The smallest absolute Gasteiger partial charge is 0.352 e. The number of unbranched alkanes of at least 4 members (excludes halogenated alkanes) is 1. The van der Waals surface area contributed by atoms with Gasteiger partial charge >= 0.3 is 46.1 Å². The van der Waals surface area contributed by atoms with Gasteiger partial charge in [-0.05, 0) is 53.5 Å². The SMILES string of the molecule is CC(=O)NCCN(CC(=O)NCCN(CC(=O)NCCN(CC(=O)NCCN(CC(=O)NCCN(CC(=O)NCCN(CC(=O)N[C@@H](CCCCN)C(N)=O)C(=O)Cn1cc(C)c(=O)[nH]c1=O)C(=O)Cn1cc(C)c(=O)[nH]c1=O)C(=O)Cn1c(C(=O)O)cc(=O)[nH]c1=O)C(=O)Cn1cc(C)c(=O)[nH]c1=O)C(=O)Cn1cc(C)c(=O)[nH]c1=O)C(=O)Cn1c(C(=O)O)cc(=O)[nH]c1=O. The van der Waals surface area contributed by atoms with E-state index >= 15 is 0 Å². The number of carboxylic acids is 2. The standard InChI is InChI=1S/C74H97N27O30/c1-40-24-96(69(126)86-63(40)118)34-56(111)90(17-11-78-50(105)28-91(57(112)35-97-25-41(2)64(119)87-70(97)127)18-12-79-53(108)31-93(16-10-77-44(5)102)60(115)38-100-46(67(122)123)22-48(103)84-73(100)130)29-51(106)81-14-20-94(61(116)39-101-47(68(124)125)23-49(104)85-74(101)131)32-54(109)80-13-19-92(58(113)36-98-26-42(3)65(120)88-71(98)128)30-52(107)82-15-21-95(33-55(110)83-45(62(76)117)8-6-7-9-75)59(114)37-99-27-43(4)66(121)89-72(99)129/h22-27,45H,6-21,28-39,75H2,1-5H3,(H2,76,117)(H,77,102)(H,78,105)(H,79,108)(H,80,109)(H,81,106)(H,82,107)(H,83,110)(H,122,123)(H,124,125)(H,84,103,130)(H,85,104,131)(H,86,118,126)(H,87,119,127)(H,88,120,128)(H,89,121,129)/t45-/m0/s1. The zero-order valence-corrected chi connectivity index (χ0v) is 71.2. The molecule has 57 nitrogen and oxygen atoms in total. The molecule has 0 spiro atoms. The number of aromatic nitrogens is 12. The number of aromatic amines is 6. The lowest BCUT2D eigenvalue weighted by Crippen LogP contribution is -2.51. The highest BCUT2D eigenvalue weighted by molar-refractivity contribution is 5.92. The maximum Gasteiger partial charge on any atom is 0.352 e. The molecule has 0 saturated heterocycles. The molecule has 131 heavy (non-hydrogen) atoms. The Morgan fingerprint density at radius 2 is 0.595 bits per heavy atom. The molecule has 1 atom stereocenters. The molecule has 6 rings (SSSR count). The van der Waals surface area contributed by atoms with Gasteiger partial charge in [0.25, 0.3) is 33.4 Å². The number of carbonyl (C=O) groups is 16. The third kappa shape index (κ3) is 32.5. The number of hydrogen-bond donors (Lipinski definition) is 17. The van der Waals surface area contributed by atoms with Gasteiger partial charge in [0.1, 0.15) is 56.7 Å². The summed E-state index contributed by atoms with van der Waals surface area (Å²) in [7, 11) is 0. The molecule has 708 valence electrons. The highest BCUT2D eigenvalue weighted by Crippen LogP contribution is 2.07. The minimum atomic E-state index is -1.88. The van der Waals surface area contributed by atoms with Gasteiger partial charge in [0, 0.05) is 145 Å². The van der Waals surface area contributed by atoms with E-state index in [2.05, 4.69) is 37.2 Å². The van der Waals surface area contributed by atoms with E-state index in [-0.39, 0.29) is 41.8 Å². The number of carboxylic acid groups (broad SMARTS) is 2. The number of primary amides is 1. The Hall–Kier alpha value is -16.4. The number of carbonyl (C=O) groups excluding carboxylic acids is 14. The number of aryl methyl sites for hydroxylation is 4. The van der Waals surface area contributed by atoms with Crippen molar-refractivity contribution in [1.29, 1.82) is 0 Å². The second kappa shape index (κ2) is 48.9. The molecule has 0 aromatic carbocycles. The van der Waals surface area contributed by atoms with Crippen LogP contribution in [0.2, 0.25) is 0 Å². The Bertz CT molecular complexity index is 6150. The fourth-order valence-corrected chi connectivity index (χ4v) is 12.2. The Morgan fingerprint density at radius 3 is 0.832 bits per heavy atom. The summed E-state index contributed by atoms with van der Waals surface area (Å²) >= 11 is 0. The Labute approximate surface area is 733 Å². The molecular weight excluding hydrogens is 1750 g/mol. The van der Waals surface area contributed by atoms with Crippen LogP contribution in [0.25, 0.3) is 0 Å². The molecule has 0 aliphatic heterocycles. The summed E-state index contributed by atoms with van der Waals surface area (Å²) < 4.78 is 3.83. The summed E-state index contributed by atoms with van der Waals surface area (Å²) in [6.45, 7) is -11.4. The summed E-state index contributed by atoms with van der Waals surface area (Å²) in [5.41, 5.74) is -3.46. The van der Waals surface area contributed by atoms with E-state index in [1.807, 2.05) is 24.9 Å². The van der Waals surface area contributed by atoms with Crippen molar-refractivity contribution >= 4 is 94.6 Å². The largest absolute Gasteiger partial charge is 0.477 e. The quantitative estimate of drug-likeness (QED) is 0.0158. The fourth-order valence-electron chi connectivity index (χ4n) is 12.2. The summed E-state index contributed by atoms with van der Waals surface area (Å²) in [6.07, 6.45) is 5.00. The van der Waals surface area contributed by atoms with Gasteiger partial charge in [-0.25, -0.2) is 38.4 Å². The van der Waals surface area contributed by atoms with E-state index in [9.17, 15) is 144 Å². The van der Waals surface area contributed by atoms with E-state index in [1.165, 1.54) is 27.7 Å². The van der Waals surface area contributed by atoms with Gasteiger partial charge in [-0.1, -0.05) is 0 Å². The van der Waals surface area contributed by atoms with Crippen molar-refractivity contribution in [2.45, 2.75) is 99.2 Å². The number of nitrogens with zero attached hydrogens (tertiary/aromatic N) is 12. The van der Waals surface area contributed by atoms with E-state index in [0.29, 0.717) is 39.0 Å². The zero-order valence-electron chi connectivity index (χ0n) is 71.2. The van der Waals surface area contributed by atoms with Gasteiger partial charge in [0.05, 0.1) is 39.3 Å². The molecule has 14 amide bonds. The van der Waals surface area contributed by atoms with Crippen LogP contribution < -0.4 is 116 Å². The summed E-state index contributed by atoms with van der Waals surface area (Å²) in [4.78, 5) is 382. The van der Waals surface area contributed by atoms with Gasteiger partial charge in [0.2, 0.25) is 82.7 Å². The molecule has 0 radical (unpaired) electrons. The van der Waals surface area contributed by atoms with Gasteiger partial charge in [-0.3, -0.25) is 153 Å². The van der Waals surface area contributed by atoms with Crippen LogP contribution in [0.1, 0.15) is 69.4 Å². The Morgan fingerprint density at radius 1 is 0.351 bits per heavy atom. The van der Waals surface area contributed by atoms with Crippen molar-refractivity contribution in [2.24, 2.45) is 11.5 Å². The van der Waals surface area contributed by atoms with Crippen LogP contribution in [0, 0.1) is 27.7 Å². The molecule has 6 heterocycles. The first-order chi connectivity index (χ1) is 61.7. The van der Waals surface area contributed by atoms with Gasteiger partial charge in [-0.2, -0.15) is 0 Å². The average molecular weight is 1840 g/mol. The van der Waals surface area contributed by atoms with Crippen LogP contribution in [-0.4, -0.2) is 322 Å². The predicted octanol–water partition coefficient (Wildman–Crippen LogP) is -15.3. The van der Waals surface area contributed by atoms with Crippen LogP contribution in [0.5, 0.6) is 0 Å². The van der Waals surface area contributed by atoms with Crippen molar-refractivity contribution in [3.8, 4) is 0 Å².